The van der Waals surface area contributed by atoms with Gasteiger partial charge in [-0.1, -0.05) is 18.2 Å². The van der Waals surface area contributed by atoms with E-state index in [2.05, 4.69) is 9.97 Å². The molecule has 7 nitrogen and oxygen atoms in total. The first-order chi connectivity index (χ1) is 13.4. The van der Waals surface area contributed by atoms with Gasteiger partial charge in [-0.25, -0.2) is 9.78 Å². The second-order valence-corrected chi connectivity index (χ2v) is 6.86. The third-order valence-electron chi connectivity index (χ3n) is 4.47. The number of rotatable bonds is 4. The zero-order valence-corrected chi connectivity index (χ0v) is 15.6. The van der Waals surface area contributed by atoms with E-state index < -0.39 is 5.97 Å². The van der Waals surface area contributed by atoms with Crippen molar-refractivity contribution in [2.45, 2.75) is 20.0 Å². The molecule has 7 heteroatoms. The maximum Gasteiger partial charge on any atom is 0.338 e. The molecule has 2 aromatic carbocycles. The number of esters is 1. The molecule has 0 saturated heterocycles. The zero-order valence-electron chi connectivity index (χ0n) is 15.6. The van der Waals surface area contributed by atoms with Crippen LogP contribution < -0.4 is 4.90 Å². The van der Waals surface area contributed by atoms with Crippen molar-refractivity contribution < 1.29 is 14.6 Å². The summed E-state index contributed by atoms with van der Waals surface area (Å²) in [7, 11) is 0. The second kappa shape index (κ2) is 6.84. The summed E-state index contributed by atoms with van der Waals surface area (Å²) in [4.78, 5) is 21.5. The minimum absolute atomic E-state index is 0.0548. The number of carbonyl (C=O) groups is 1. The number of benzene rings is 2. The molecule has 0 aliphatic carbocycles. The number of para-hydroxylation sites is 2. The van der Waals surface area contributed by atoms with Gasteiger partial charge in [0.15, 0.2) is 0 Å². The van der Waals surface area contributed by atoms with Crippen LogP contribution in [0.2, 0.25) is 0 Å². The molecule has 1 aliphatic rings. The number of H-pyrrole nitrogens is 1. The predicted molar refractivity (Wildman–Crippen MR) is 108 cm³/mol. The van der Waals surface area contributed by atoms with Crippen LogP contribution in [0.15, 0.2) is 54.3 Å². The van der Waals surface area contributed by atoms with Gasteiger partial charge in [0.2, 0.25) is 0 Å². The van der Waals surface area contributed by atoms with Crippen molar-refractivity contribution in [3.63, 3.8) is 0 Å². The van der Waals surface area contributed by atoms with E-state index in [4.69, 9.17) is 10.1 Å². The highest BCUT2D eigenvalue weighted by atomic mass is 16.5. The quantitative estimate of drug-likeness (QED) is 0.600. The van der Waals surface area contributed by atoms with Gasteiger partial charge in [-0.15, -0.1) is 0 Å². The number of aliphatic hydroxyl groups is 1. The third kappa shape index (κ3) is 3.11. The first kappa shape index (κ1) is 17.8. The lowest BCUT2D eigenvalue weighted by Crippen LogP contribution is -2.26. The number of hydrogen-bond acceptors (Lipinski definition) is 5. The SMILES string of the molecule is CC(C)OC(=O)c1cccc(N2CC(O)=C(c3nc4ccccc4[nH]3)C2=N)c1. The van der Waals surface area contributed by atoms with E-state index in [1.807, 2.05) is 24.3 Å². The van der Waals surface area contributed by atoms with Crippen molar-refractivity contribution >= 4 is 34.1 Å². The highest BCUT2D eigenvalue weighted by Gasteiger charge is 2.31. The highest BCUT2D eigenvalue weighted by Crippen LogP contribution is 2.31. The average Bonchev–Trinajstić information content (AvgIpc) is 3.21. The number of anilines is 1. The molecule has 3 aromatic rings. The van der Waals surface area contributed by atoms with Crippen LogP contribution >= 0.6 is 0 Å². The molecule has 0 bridgehead atoms. The molecule has 0 atom stereocenters. The molecule has 1 aliphatic heterocycles. The summed E-state index contributed by atoms with van der Waals surface area (Å²) in [5.41, 5.74) is 2.98. The van der Waals surface area contributed by atoms with Gasteiger partial charge >= 0.3 is 5.97 Å². The van der Waals surface area contributed by atoms with Crippen molar-refractivity contribution in [1.29, 1.82) is 5.41 Å². The Morgan fingerprint density at radius 2 is 2.04 bits per heavy atom. The van der Waals surface area contributed by atoms with E-state index in [0.29, 0.717) is 22.6 Å². The van der Waals surface area contributed by atoms with Gasteiger partial charge in [0.25, 0.3) is 0 Å². The molecule has 4 rings (SSSR count). The molecule has 0 radical (unpaired) electrons. The van der Waals surface area contributed by atoms with E-state index in [-0.39, 0.29) is 24.2 Å². The van der Waals surface area contributed by atoms with Gasteiger partial charge in [0.05, 0.1) is 34.8 Å². The first-order valence-electron chi connectivity index (χ1n) is 8.99. The van der Waals surface area contributed by atoms with Gasteiger partial charge < -0.3 is 19.7 Å². The lowest BCUT2D eigenvalue weighted by atomic mass is 10.2. The number of aliphatic hydroxyl groups excluding tert-OH is 1. The Morgan fingerprint density at radius 1 is 1.25 bits per heavy atom. The fourth-order valence-electron chi connectivity index (χ4n) is 3.20. The largest absolute Gasteiger partial charge is 0.509 e. The van der Waals surface area contributed by atoms with E-state index >= 15 is 0 Å². The number of amidine groups is 1. The second-order valence-electron chi connectivity index (χ2n) is 6.86. The summed E-state index contributed by atoms with van der Waals surface area (Å²) in [6, 6.07) is 14.4. The number of imidazole rings is 1. The van der Waals surface area contributed by atoms with Crippen molar-refractivity contribution in [2.24, 2.45) is 0 Å². The molecule has 0 fully saturated rings. The number of aromatic amines is 1. The fourth-order valence-corrected chi connectivity index (χ4v) is 3.20. The Morgan fingerprint density at radius 3 is 2.79 bits per heavy atom. The molecule has 2 heterocycles. The maximum atomic E-state index is 12.2. The highest BCUT2D eigenvalue weighted by molar-refractivity contribution is 6.30. The van der Waals surface area contributed by atoms with Gasteiger partial charge in [0.1, 0.15) is 17.4 Å². The summed E-state index contributed by atoms with van der Waals surface area (Å²) >= 11 is 0. The molecular weight excluding hydrogens is 356 g/mol. The molecule has 142 valence electrons. The minimum Gasteiger partial charge on any atom is -0.509 e. The van der Waals surface area contributed by atoms with Crippen LogP contribution in [0.1, 0.15) is 30.0 Å². The van der Waals surface area contributed by atoms with E-state index in [9.17, 15) is 9.90 Å². The molecule has 0 unspecified atom stereocenters. The van der Waals surface area contributed by atoms with Gasteiger partial charge in [-0.05, 0) is 44.2 Å². The van der Waals surface area contributed by atoms with Crippen LogP contribution in [-0.2, 0) is 4.74 Å². The normalized spacial score (nSPS) is 14.4. The monoisotopic (exact) mass is 376 g/mol. The fraction of sp³-hybridized carbons (Fsp3) is 0.190. The molecule has 0 spiro atoms. The van der Waals surface area contributed by atoms with Crippen LogP contribution in [-0.4, -0.2) is 39.5 Å². The molecule has 3 N–H and O–H groups in total. The molecule has 1 aromatic heterocycles. The van der Waals surface area contributed by atoms with Crippen molar-refractivity contribution in [3.05, 3.63) is 65.7 Å². The van der Waals surface area contributed by atoms with Gasteiger partial charge in [-0.2, -0.15) is 0 Å². The maximum absolute atomic E-state index is 12.2. The summed E-state index contributed by atoms with van der Waals surface area (Å²) in [5.74, 6) is 0.198. The number of ether oxygens (including phenoxy) is 1. The number of aromatic nitrogens is 2. The van der Waals surface area contributed by atoms with E-state index in [0.717, 1.165) is 11.0 Å². The lowest BCUT2D eigenvalue weighted by molar-refractivity contribution is 0.0378. The number of fused-ring (bicyclic) bond motifs is 1. The average molecular weight is 376 g/mol. The van der Waals surface area contributed by atoms with Gasteiger partial charge in [0, 0.05) is 5.69 Å². The third-order valence-corrected chi connectivity index (χ3v) is 4.47. The Bertz CT molecular complexity index is 1080. The topological polar surface area (TPSA) is 102 Å². The van der Waals surface area contributed by atoms with Crippen LogP contribution in [0.4, 0.5) is 5.69 Å². The summed E-state index contributed by atoms with van der Waals surface area (Å²) < 4.78 is 5.24. The van der Waals surface area contributed by atoms with Crippen molar-refractivity contribution in [3.8, 4) is 0 Å². The Balaban J connectivity index is 1.64. The zero-order chi connectivity index (χ0) is 19.8. The van der Waals surface area contributed by atoms with E-state index in [1.165, 1.54) is 0 Å². The van der Waals surface area contributed by atoms with Crippen LogP contribution in [0.3, 0.4) is 0 Å². The van der Waals surface area contributed by atoms with Crippen LogP contribution in [0.25, 0.3) is 16.6 Å². The Hall–Kier alpha value is -3.61. The smallest absolute Gasteiger partial charge is 0.338 e. The van der Waals surface area contributed by atoms with Crippen LogP contribution in [0.5, 0.6) is 0 Å². The molecular formula is C21H20N4O3. The van der Waals surface area contributed by atoms with Crippen LogP contribution in [0, 0.1) is 5.41 Å². The molecule has 0 amide bonds. The van der Waals surface area contributed by atoms with Crippen molar-refractivity contribution in [1.82, 2.24) is 9.97 Å². The number of nitrogens with zero attached hydrogens (tertiary/aromatic N) is 2. The first-order valence-corrected chi connectivity index (χ1v) is 8.99. The van der Waals surface area contributed by atoms with Gasteiger partial charge in [-0.3, -0.25) is 5.41 Å². The molecule has 28 heavy (non-hydrogen) atoms. The Labute approximate surface area is 161 Å². The summed E-state index contributed by atoms with van der Waals surface area (Å²) in [6.07, 6.45) is -0.216. The number of hydrogen-bond donors (Lipinski definition) is 3. The molecule has 0 saturated carbocycles. The summed E-state index contributed by atoms with van der Waals surface area (Å²) in [5, 5.41) is 19.1. The number of carbonyl (C=O) groups excluding carboxylic acids is 1. The van der Waals surface area contributed by atoms with Crippen molar-refractivity contribution in [2.75, 3.05) is 11.4 Å². The lowest BCUT2D eigenvalue weighted by Gasteiger charge is -2.19. The summed E-state index contributed by atoms with van der Waals surface area (Å²) in [6.45, 7) is 3.72. The predicted octanol–water partition coefficient (Wildman–Crippen LogP) is 3.89. The standard InChI is InChI=1S/C21H20N4O3/c1-12(2)28-21(27)13-6-5-7-14(10-13)25-11-17(26)18(19(25)22)20-23-15-8-3-4-9-16(15)24-20/h3-10,12,22,26H,11H2,1-2H3,(H,23,24). The van der Waals surface area contributed by atoms with E-state index in [1.54, 1.807) is 43.0 Å². The number of nitrogens with one attached hydrogen (secondary N) is 2. The minimum atomic E-state index is -0.419. The Kier molecular flexibility index (Phi) is 4.35.